The minimum Gasteiger partial charge on any atom is -0.290 e. The third-order valence-electron chi connectivity index (χ3n) is 1.95. The average Bonchev–Trinajstić information content (AvgIpc) is 2.24. The standard InChI is InChI=1S/C10H7ClN2O/c11-10(5-3-8(14)4-6-10)9-2-1-7-12-13-9/h1-7H. The quantitative estimate of drug-likeness (QED) is 0.656. The Bertz CT molecular complexity index is 395. The monoisotopic (exact) mass is 206 g/mol. The summed E-state index contributed by atoms with van der Waals surface area (Å²) in [7, 11) is 0. The fourth-order valence-electron chi connectivity index (χ4n) is 1.19. The van der Waals surface area contributed by atoms with Crippen LogP contribution in [0.2, 0.25) is 0 Å². The number of aromatic nitrogens is 2. The van der Waals surface area contributed by atoms with Crippen LogP contribution in [0.5, 0.6) is 0 Å². The maximum Gasteiger partial charge on any atom is 0.178 e. The number of carbonyl (C=O) groups is 1. The molecule has 0 saturated carbocycles. The van der Waals surface area contributed by atoms with Gasteiger partial charge in [0.15, 0.2) is 5.78 Å². The Morgan fingerprint density at radius 1 is 1.29 bits per heavy atom. The lowest BCUT2D eigenvalue weighted by Gasteiger charge is -2.19. The number of carbonyl (C=O) groups excluding carboxylic acids is 1. The molecule has 2 rings (SSSR count). The number of hydrogen-bond donors (Lipinski definition) is 0. The molecule has 4 heteroatoms. The summed E-state index contributed by atoms with van der Waals surface area (Å²) >= 11 is 6.24. The molecule has 0 aromatic carbocycles. The van der Waals surface area contributed by atoms with Crippen molar-refractivity contribution in [2.24, 2.45) is 0 Å². The van der Waals surface area contributed by atoms with E-state index >= 15 is 0 Å². The van der Waals surface area contributed by atoms with Gasteiger partial charge in [-0.1, -0.05) is 0 Å². The van der Waals surface area contributed by atoms with E-state index in [2.05, 4.69) is 10.2 Å². The van der Waals surface area contributed by atoms with Crippen LogP contribution < -0.4 is 0 Å². The van der Waals surface area contributed by atoms with Crippen LogP contribution >= 0.6 is 11.6 Å². The summed E-state index contributed by atoms with van der Waals surface area (Å²) in [5, 5.41) is 7.64. The lowest BCUT2D eigenvalue weighted by molar-refractivity contribution is -0.110. The molecule has 0 atom stereocenters. The molecule has 70 valence electrons. The number of halogens is 1. The summed E-state index contributed by atoms with van der Waals surface area (Å²) in [5.74, 6) is -0.0647. The van der Waals surface area contributed by atoms with E-state index in [0.717, 1.165) is 0 Å². The van der Waals surface area contributed by atoms with Gasteiger partial charge in [-0.25, -0.2) is 0 Å². The Kier molecular flexibility index (Phi) is 2.17. The van der Waals surface area contributed by atoms with Gasteiger partial charge in [-0.3, -0.25) is 4.79 Å². The molecular formula is C10H7ClN2O. The Morgan fingerprint density at radius 3 is 2.57 bits per heavy atom. The van der Waals surface area contributed by atoms with Gasteiger partial charge in [-0.05, 0) is 36.4 Å². The molecule has 0 aliphatic heterocycles. The molecule has 1 aromatic heterocycles. The van der Waals surface area contributed by atoms with Gasteiger partial charge in [0.2, 0.25) is 0 Å². The zero-order valence-corrected chi connectivity index (χ0v) is 7.98. The zero-order chi connectivity index (χ0) is 10.0. The average molecular weight is 207 g/mol. The van der Waals surface area contributed by atoms with Gasteiger partial charge in [0, 0.05) is 6.20 Å². The number of ketones is 1. The van der Waals surface area contributed by atoms with Gasteiger partial charge in [-0.15, -0.1) is 11.6 Å². The minimum atomic E-state index is -0.831. The molecule has 0 amide bonds. The number of allylic oxidation sites excluding steroid dienone is 4. The van der Waals surface area contributed by atoms with E-state index < -0.39 is 4.87 Å². The highest BCUT2D eigenvalue weighted by Crippen LogP contribution is 2.32. The number of rotatable bonds is 1. The van der Waals surface area contributed by atoms with Gasteiger partial charge in [-0.2, -0.15) is 10.2 Å². The van der Waals surface area contributed by atoms with Crippen LogP contribution in [0.3, 0.4) is 0 Å². The first-order valence-corrected chi connectivity index (χ1v) is 4.48. The van der Waals surface area contributed by atoms with Crippen LogP contribution in [0.4, 0.5) is 0 Å². The van der Waals surface area contributed by atoms with Gasteiger partial charge in [0.1, 0.15) is 4.87 Å². The molecule has 0 bridgehead atoms. The predicted molar refractivity (Wildman–Crippen MR) is 52.9 cm³/mol. The van der Waals surface area contributed by atoms with Crippen LogP contribution in [0, 0.1) is 0 Å². The molecule has 0 unspecified atom stereocenters. The Balaban J connectivity index is 2.40. The second-order valence-electron chi connectivity index (χ2n) is 2.95. The van der Waals surface area contributed by atoms with Crippen LogP contribution in [0.15, 0.2) is 42.6 Å². The number of alkyl halides is 1. The fourth-order valence-corrected chi connectivity index (χ4v) is 1.42. The third-order valence-corrected chi connectivity index (χ3v) is 2.39. The van der Waals surface area contributed by atoms with Gasteiger partial charge in [0.25, 0.3) is 0 Å². The number of nitrogens with zero attached hydrogens (tertiary/aromatic N) is 2. The normalized spacial score (nSPS) is 18.5. The molecule has 0 spiro atoms. The Morgan fingerprint density at radius 2 is 2.00 bits per heavy atom. The summed E-state index contributed by atoms with van der Waals surface area (Å²) in [4.78, 5) is 10.1. The van der Waals surface area contributed by atoms with E-state index in [-0.39, 0.29) is 5.78 Å². The first kappa shape index (κ1) is 9.09. The molecule has 1 aromatic rings. The molecule has 1 heterocycles. The van der Waals surface area contributed by atoms with Crippen molar-refractivity contribution in [3.63, 3.8) is 0 Å². The summed E-state index contributed by atoms with van der Waals surface area (Å²) in [6.07, 6.45) is 7.66. The van der Waals surface area contributed by atoms with Crippen LogP contribution in [0.1, 0.15) is 5.69 Å². The molecule has 0 N–H and O–H groups in total. The van der Waals surface area contributed by atoms with Crippen molar-refractivity contribution in [3.8, 4) is 0 Å². The molecule has 14 heavy (non-hydrogen) atoms. The Hall–Kier alpha value is -1.48. The van der Waals surface area contributed by atoms with Crippen molar-refractivity contribution in [1.29, 1.82) is 0 Å². The van der Waals surface area contributed by atoms with Crippen molar-refractivity contribution in [2.45, 2.75) is 4.87 Å². The SMILES string of the molecule is O=C1C=CC(Cl)(c2cccnn2)C=C1. The zero-order valence-electron chi connectivity index (χ0n) is 7.22. The molecule has 3 nitrogen and oxygen atoms in total. The largest absolute Gasteiger partial charge is 0.290 e. The summed E-state index contributed by atoms with van der Waals surface area (Å²) in [6, 6.07) is 3.52. The van der Waals surface area contributed by atoms with Crippen LogP contribution in [-0.2, 0) is 9.67 Å². The van der Waals surface area contributed by atoms with Crippen molar-refractivity contribution in [3.05, 3.63) is 48.3 Å². The highest BCUT2D eigenvalue weighted by molar-refractivity contribution is 6.27. The topological polar surface area (TPSA) is 42.9 Å². The summed E-state index contributed by atoms with van der Waals surface area (Å²) in [5.41, 5.74) is 0.613. The second kappa shape index (κ2) is 3.35. The van der Waals surface area contributed by atoms with E-state index in [0.29, 0.717) is 5.69 Å². The second-order valence-corrected chi connectivity index (χ2v) is 3.57. The van der Waals surface area contributed by atoms with Gasteiger partial charge < -0.3 is 0 Å². The van der Waals surface area contributed by atoms with Crippen molar-refractivity contribution < 1.29 is 4.79 Å². The van der Waals surface area contributed by atoms with E-state index in [1.54, 1.807) is 30.5 Å². The van der Waals surface area contributed by atoms with E-state index in [4.69, 9.17) is 11.6 Å². The first-order chi connectivity index (χ1) is 6.71. The van der Waals surface area contributed by atoms with Gasteiger partial charge in [0.05, 0.1) is 5.69 Å². The number of hydrogen-bond acceptors (Lipinski definition) is 3. The molecule has 0 radical (unpaired) electrons. The van der Waals surface area contributed by atoms with E-state index in [1.807, 2.05) is 0 Å². The molecule has 0 fully saturated rings. The maximum absolute atomic E-state index is 10.9. The third kappa shape index (κ3) is 1.59. The molecular weight excluding hydrogens is 200 g/mol. The minimum absolute atomic E-state index is 0.0647. The molecule has 1 aliphatic rings. The van der Waals surface area contributed by atoms with Gasteiger partial charge >= 0.3 is 0 Å². The summed E-state index contributed by atoms with van der Waals surface area (Å²) < 4.78 is 0. The van der Waals surface area contributed by atoms with Crippen LogP contribution in [0.25, 0.3) is 0 Å². The first-order valence-electron chi connectivity index (χ1n) is 4.10. The van der Waals surface area contributed by atoms with E-state index in [1.165, 1.54) is 12.2 Å². The fraction of sp³-hybridized carbons (Fsp3) is 0.100. The molecule has 1 aliphatic carbocycles. The highest BCUT2D eigenvalue weighted by atomic mass is 35.5. The maximum atomic E-state index is 10.9. The van der Waals surface area contributed by atoms with Crippen molar-refractivity contribution in [1.82, 2.24) is 10.2 Å². The lowest BCUT2D eigenvalue weighted by Crippen LogP contribution is -2.18. The summed E-state index contributed by atoms with van der Waals surface area (Å²) in [6.45, 7) is 0. The lowest BCUT2D eigenvalue weighted by atomic mass is 9.98. The smallest absolute Gasteiger partial charge is 0.178 e. The Labute approximate surface area is 86.1 Å². The highest BCUT2D eigenvalue weighted by Gasteiger charge is 2.27. The molecule has 0 saturated heterocycles. The van der Waals surface area contributed by atoms with E-state index in [9.17, 15) is 4.79 Å². The van der Waals surface area contributed by atoms with Crippen molar-refractivity contribution in [2.75, 3.05) is 0 Å². The predicted octanol–water partition coefficient (Wildman–Crippen LogP) is 1.61. The van der Waals surface area contributed by atoms with Crippen molar-refractivity contribution >= 4 is 17.4 Å². The van der Waals surface area contributed by atoms with Crippen LogP contribution in [-0.4, -0.2) is 16.0 Å².